The third kappa shape index (κ3) is 1.56. The number of carbonyl (C=O) groups is 1. The maximum absolute atomic E-state index is 10.3. The number of aliphatic carboxylic acids is 1. The van der Waals surface area contributed by atoms with Gasteiger partial charge in [0.25, 0.3) is 0 Å². The first-order chi connectivity index (χ1) is 4.19. The van der Waals surface area contributed by atoms with Gasteiger partial charge >= 0.3 is 5.97 Å². The molecule has 0 aromatic rings. The van der Waals surface area contributed by atoms with E-state index in [0.29, 0.717) is 0 Å². The molecule has 0 rings (SSSR count). The standard InChI is InChI=1S/C5H12O4Si/c1-5(8,4(6)7)10(2,3)9/h8-9H,1-3H3,(H,6,7). The molecule has 0 aliphatic carbocycles. The van der Waals surface area contributed by atoms with E-state index in [0.717, 1.165) is 6.92 Å². The first-order valence-electron chi connectivity index (χ1n) is 2.87. The molecule has 0 radical (unpaired) electrons. The van der Waals surface area contributed by atoms with Crippen LogP contribution in [0.15, 0.2) is 0 Å². The van der Waals surface area contributed by atoms with E-state index >= 15 is 0 Å². The quantitative estimate of drug-likeness (QED) is 0.483. The summed E-state index contributed by atoms with van der Waals surface area (Å²) >= 11 is 0. The minimum atomic E-state index is -2.99. The summed E-state index contributed by atoms with van der Waals surface area (Å²) in [5.41, 5.74) is 0. The Morgan fingerprint density at radius 1 is 1.50 bits per heavy atom. The van der Waals surface area contributed by atoms with E-state index in [-0.39, 0.29) is 0 Å². The van der Waals surface area contributed by atoms with Crippen molar-refractivity contribution in [3.8, 4) is 0 Å². The molecule has 3 N–H and O–H groups in total. The molecular formula is C5H12O4Si. The Bertz CT molecular complexity index is 146. The summed E-state index contributed by atoms with van der Waals surface area (Å²) in [7, 11) is -2.99. The van der Waals surface area contributed by atoms with Gasteiger partial charge in [0.2, 0.25) is 8.32 Å². The van der Waals surface area contributed by atoms with E-state index < -0.39 is 19.5 Å². The highest BCUT2D eigenvalue weighted by Gasteiger charge is 2.47. The maximum atomic E-state index is 10.3. The van der Waals surface area contributed by atoms with Gasteiger partial charge in [-0.25, -0.2) is 4.79 Å². The van der Waals surface area contributed by atoms with Crippen LogP contribution in [-0.4, -0.2) is 34.5 Å². The summed E-state index contributed by atoms with van der Waals surface area (Å²) in [6.07, 6.45) is 0. The summed E-state index contributed by atoms with van der Waals surface area (Å²) < 4.78 is 0. The van der Waals surface area contributed by atoms with Crippen molar-refractivity contribution in [3.05, 3.63) is 0 Å². The molecule has 1 unspecified atom stereocenters. The van der Waals surface area contributed by atoms with Gasteiger partial charge in [0.15, 0.2) is 5.22 Å². The van der Waals surface area contributed by atoms with E-state index in [4.69, 9.17) is 10.2 Å². The number of aliphatic hydroxyl groups is 1. The van der Waals surface area contributed by atoms with Crippen molar-refractivity contribution >= 4 is 14.3 Å². The van der Waals surface area contributed by atoms with E-state index in [9.17, 15) is 9.59 Å². The molecule has 0 spiro atoms. The Labute approximate surface area is 60.2 Å². The molecule has 0 aromatic carbocycles. The third-order valence-corrected chi connectivity index (χ3v) is 4.20. The highest BCUT2D eigenvalue weighted by atomic mass is 28.4. The lowest BCUT2D eigenvalue weighted by Crippen LogP contribution is -2.57. The maximum Gasteiger partial charge on any atom is 0.334 e. The van der Waals surface area contributed by atoms with Crippen LogP contribution >= 0.6 is 0 Å². The first kappa shape index (κ1) is 9.61. The lowest BCUT2D eigenvalue weighted by molar-refractivity contribution is -0.150. The van der Waals surface area contributed by atoms with Crippen LogP contribution in [-0.2, 0) is 4.79 Å². The van der Waals surface area contributed by atoms with E-state index in [1.165, 1.54) is 13.1 Å². The zero-order chi connectivity index (χ0) is 8.58. The number of hydrogen-bond donors (Lipinski definition) is 3. The molecule has 0 aliphatic heterocycles. The average Bonchev–Trinajstić information content (AvgIpc) is 1.62. The van der Waals surface area contributed by atoms with Crippen molar-refractivity contribution in [2.45, 2.75) is 25.2 Å². The van der Waals surface area contributed by atoms with Crippen LogP contribution in [0.1, 0.15) is 6.92 Å². The monoisotopic (exact) mass is 164 g/mol. The minimum Gasteiger partial charge on any atom is -0.479 e. The predicted octanol–water partition coefficient (Wildman–Crippen LogP) is -0.441. The van der Waals surface area contributed by atoms with Gasteiger partial charge < -0.3 is 15.0 Å². The molecule has 4 nitrogen and oxygen atoms in total. The van der Waals surface area contributed by atoms with Crippen LogP contribution in [0.5, 0.6) is 0 Å². The number of hydrogen-bond acceptors (Lipinski definition) is 3. The highest BCUT2D eigenvalue weighted by Crippen LogP contribution is 2.16. The van der Waals surface area contributed by atoms with Crippen LogP contribution in [0.25, 0.3) is 0 Å². The predicted molar refractivity (Wildman–Crippen MR) is 38.0 cm³/mol. The Hall–Kier alpha value is -0.393. The number of carboxylic acid groups (broad SMARTS) is 1. The van der Waals surface area contributed by atoms with Gasteiger partial charge in [0.1, 0.15) is 0 Å². The third-order valence-electron chi connectivity index (χ3n) is 1.61. The van der Waals surface area contributed by atoms with Crippen LogP contribution in [0, 0.1) is 0 Å². The molecule has 0 aromatic heterocycles. The Balaban J connectivity index is 4.57. The number of carboxylic acids is 1. The van der Waals surface area contributed by atoms with E-state index in [1.54, 1.807) is 0 Å². The van der Waals surface area contributed by atoms with Crippen molar-refractivity contribution in [1.82, 2.24) is 0 Å². The topological polar surface area (TPSA) is 77.8 Å². The molecule has 5 heteroatoms. The SMILES string of the molecule is CC(O)(C(=O)O)[Si](C)(C)O. The second-order valence-corrected chi connectivity index (χ2v) is 7.03. The lowest BCUT2D eigenvalue weighted by Gasteiger charge is -2.28. The summed E-state index contributed by atoms with van der Waals surface area (Å²) in [6, 6.07) is 0. The van der Waals surface area contributed by atoms with E-state index in [2.05, 4.69) is 0 Å². The highest BCUT2D eigenvalue weighted by molar-refractivity contribution is 6.76. The van der Waals surface area contributed by atoms with Crippen LogP contribution < -0.4 is 0 Å². The summed E-state index contributed by atoms with van der Waals surface area (Å²) in [6.45, 7) is 3.86. The minimum absolute atomic E-state index is 1.11. The van der Waals surface area contributed by atoms with Crippen molar-refractivity contribution in [2.75, 3.05) is 0 Å². The molecule has 0 heterocycles. The molecular weight excluding hydrogens is 152 g/mol. The zero-order valence-corrected chi connectivity index (χ0v) is 7.25. The van der Waals surface area contributed by atoms with Gasteiger partial charge in [-0.15, -0.1) is 0 Å². The molecule has 0 amide bonds. The van der Waals surface area contributed by atoms with Crippen molar-refractivity contribution < 1.29 is 19.8 Å². The zero-order valence-electron chi connectivity index (χ0n) is 6.25. The van der Waals surface area contributed by atoms with Crippen molar-refractivity contribution in [1.29, 1.82) is 0 Å². The van der Waals surface area contributed by atoms with Crippen molar-refractivity contribution in [2.24, 2.45) is 0 Å². The summed E-state index contributed by atoms with van der Waals surface area (Å²) in [5, 5.41) is 15.6. The van der Waals surface area contributed by atoms with Gasteiger partial charge in [-0.05, 0) is 20.0 Å². The van der Waals surface area contributed by atoms with Gasteiger partial charge in [-0.2, -0.15) is 0 Å². The Morgan fingerprint density at radius 3 is 1.80 bits per heavy atom. The molecule has 0 aliphatic rings. The van der Waals surface area contributed by atoms with Crippen LogP contribution in [0.2, 0.25) is 13.1 Å². The largest absolute Gasteiger partial charge is 0.479 e. The van der Waals surface area contributed by atoms with Gasteiger partial charge in [0, 0.05) is 0 Å². The second kappa shape index (κ2) is 2.33. The van der Waals surface area contributed by atoms with Gasteiger partial charge in [-0.3, -0.25) is 0 Å². The Morgan fingerprint density at radius 2 is 1.80 bits per heavy atom. The molecule has 60 valence electrons. The molecule has 0 saturated heterocycles. The van der Waals surface area contributed by atoms with Gasteiger partial charge in [0.05, 0.1) is 0 Å². The van der Waals surface area contributed by atoms with Crippen LogP contribution in [0.4, 0.5) is 0 Å². The second-order valence-electron chi connectivity index (χ2n) is 2.94. The van der Waals surface area contributed by atoms with E-state index in [1.807, 2.05) is 0 Å². The summed E-state index contributed by atoms with van der Waals surface area (Å²) in [4.78, 5) is 19.5. The van der Waals surface area contributed by atoms with Crippen LogP contribution in [0.3, 0.4) is 0 Å². The number of rotatable bonds is 2. The first-order valence-corrected chi connectivity index (χ1v) is 5.82. The molecule has 1 atom stereocenters. The normalized spacial score (nSPS) is 18.1. The fourth-order valence-electron chi connectivity index (χ4n) is 0.262. The molecule has 0 bridgehead atoms. The Kier molecular flexibility index (Phi) is 2.24. The fraction of sp³-hybridized carbons (Fsp3) is 0.800. The average molecular weight is 164 g/mol. The lowest BCUT2D eigenvalue weighted by atomic mass is 10.4. The van der Waals surface area contributed by atoms with Crippen molar-refractivity contribution in [3.63, 3.8) is 0 Å². The summed E-state index contributed by atoms with van der Waals surface area (Å²) in [5.74, 6) is -1.37. The smallest absolute Gasteiger partial charge is 0.334 e. The fourth-order valence-corrected chi connectivity index (χ4v) is 0.785. The molecule has 10 heavy (non-hydrogen) atoms. The molecule has 0 fully saturated rings. The molecule has 0 saturated carbocycles. The van der Waals surface area contributed by atoms with Gasteiger partial charge in [-0.1, -0.05) is 0 Å².